The summed E-state index contributed by atoms with van der Waals surface area (Å²) in [4.78, 5) is 25.6. The molecule has 1 amide bonds. The summed E-state index contributed by atoms with van der Waals surface area (Å²) in [7, 11) is 0. The van der Waals surface area contributed by atoms with Crippen LogP contribution in [0.5, 0.6) is 0 Å². The molecule has 0 aromatic rings. The minimum absolute atomic E-state index is 0.192. The Hall–Kier alpha value is -0.940. The number of piperidine rings is 1. The molecule has 5 nitrogen and oxygen atoms in total. The van der Waals surface area contributed by atoms with Crippen molar-refractivity contribution in [3.8, 4) is 0 Å². The van der Waals surface area contributed by atoms with Crippen LogP contribution in [0.25, 0.3) is 0 Å². The summed E-state index contributed by atoms with van der Waals surface area (Å²) in [5, 5.41) is 3.07. The van der Waals surface area contributed by atoms with E-state index in [4.69, 9.17) is 4.74 Å². The van der Waals surface area contributed by atoms with Crippen LogP contribution in [0.3, 0.4) is 0 Å². The topological polar surface area (TPSA) is 58.6 Å². The third-order valence-electron chi connectivity index (χ3n) is 5.92. The van der Waals surface area contributed by atoms with Crippen molar-refractivity contribution in [3.63, 3.8) is 0 Å². The molecule has 0 unspecified atom stereocenters. The zero-order chi connectivity index (χ0) is 18.3. The second-order valence-corrected chi connectivity index (χ2v) is 8.34. The Bertz CT molecular complexity index is 432. The zero-order valence-electron chi connectivity index (χ0n) is 16.3. The second-order valence-electron chi connectivity index (χ2n) is 8.34. The van der Waals surface area contributed by atoms with E-state index in [0.717, 1.165) is 39.1 Å². The number of nitrogens with zero attached hydrogens (tertiary/aromatic N) is 1. The Balaban J connectivity index is 1.63. The van der Waals surface area contributed by atoms with Gasteiger partial charge in [-0.2, -0.15) is 0 Å². The van der Waals surface area contributed by atoms with Crippen LogP contribution in [-0.2, 0) is 14.3 Å². The zero-order valence-corrected chi connectivity index (χ0v) is 16.3. The molecule has 2 fully saturated rings. The molecule has 1 heterocycles. The van der Waals surface area contributed by atoms with E-state index in [1.54, 1.807) is 6.92 Å². The van der Waals surface area contributed by atoms with E-state index in [2.05, 4.69) is 10.2 Å². The maximum atomic E-state index is 12.2. The van der Waals surface area contributed by atoms with Crippen molar-refractivity contribution in [2.75, 3.05) is 32.8 Å². The third kappa shape index (κ3) is 6.70. The standard InChI is InChI=1S/C20H36N2O3/c1-16(2)21-19(24)18-4-7-20(8-5-18)9-11-22(12-10-20)13-15-25-14-6-17(3)23/h16,18H,4-15H2,1-3H3,(H,21,24). The van der Waals surface area contributed by atoms with Gasteiger partial charge in [0.2, 0.25) is 5.91 Å². The molecule has 1 saturated heterocycles. The van der Waals surface area contributed by atoms with Crippen molar-refractivity contribution in [3.05, 3.63) is 0 Å². The molecule has 1 aliphatic heterocycles. The summed E-state index contributed by atoms with van der Waals surface area (Å²) >= 11 is 0. The van der Waals surface area contributed by atoms with Crippen molar-refractivity contribution in [1.82, 2.24) is 10.2 Å². The number of carbonyl (C=O) groups excluding carboxylic acids is 2. The fourth-order valence-corrected chi connectivity index (χ4v) is 4.16. The highest BCUT2D eigenvalue weighted by Crippen LogP contribution is 2.46. The van der Waals surface area contributed by atoms with Crippen LogP contribution in [0, 0.1) is 11.3 Å². The van der Waals surface area contributed by atoms with Crippen LogP contribution in [0.4, 0.5) is 0 Å². The highest BCUT2D eigenvalue weighted by Gasteiger charge is 2.39. The normalized spacial score (nSPS) is 21.6. The number of carbonyl (C=O) groups is 2. The van der Waals surface area contributed by atoms with Crippen molar-refractivity contribution in [2.24, 2.45) is 11.3 Å². The van der Waals surface area contributed by atoms with Crippen LogP contribution >= 0.6 is 0 Å². The predicted molar refractivity (Wildman–Crippen MR) is 99.5 cm³/mol. The van der Waals surface area contributed by atoms with Crippen LogP contribution in [-0.4, -0.2) is 55.5 Å². The smallest absolute Gasteiger partial charge is 0.223 e. The lowest BCUT2D eigenvalue weighted by atomic mass is 9.65. The van der Waals surface area contributed by atoms with Gasteiger partial charge < -0.3 is 15.0 Å². The molecular formula is C20H36N2O3. The number of hydrogen-bond acceptors (Lipinski definition) is 4. The number of likely N-dealkylation sites (tertiary alicyclic amines) is 1. The summed E-state index contributed by atoms with van der Waals surface area (Å²) in [6, 6.07) is 0.240. The van der Waals surface area contributed by atoms with Crippen LogP contribution < -0.4 is 5.32 Å². The largest absolute Gasteiger partial charge is 0.380 e. The number of rotatable bonds is 8. The molecule has 1 spiro atoms. The Kier molecular flexibility index (Phi) is 7.88. The van der Waals surface area contributed by atoms with E-state index in [1.807, 2.05) is 13.8 Å². The maximum Gasteiger partial charge on any atom is 0.223 e. The number of ketones is 1. The Morgan fingerprint density at radius 3 is 2.32 bits per heavy atom. The predicted octanol–water partition coefficient (Wildman–Crippen LogP) is 2.78. The molecule has 0 aromatic heterocycles. The molecule has 0 radical (unpaired) electrons. The molecule has 2 rings (SSSR count). The minimum Gasteiger partial charge on any atom is -0.380 e. The fourth-order valence-electron chi connectivity index (χ4n) is 4.16. The van der Waals surface area contributed by atoms with Gasteiger partial charge in [0.15, 0.2) is 0 Å². The van der Waals surface area contributed by atoms with Gasteiger partial charge >= 0.3 is 0 Å². The highest BCUT2D eigenvalue weighted by molar-refractivity contribution is 5.79. The van der Waals surface area contributed by atoms with Gasteiger partial charge in [0.1, 0.15) is 5.78 Å². The lowest BCUT2D eigenvalue weighted by Crippen LogP contribution is -2.45. The minimum atomic E-state index is 0.192. The average molecular weight is 353 g/mol. The summed E-state index contributed by atoms with van der Waals surface area (Å²) in [5.74, 6) is 0.670. The maximum absolute atomic E-state index is 12.2. The van der Waals surface area contributed by atoms with Gasteiger partial charge in [0.05, 0.1) is 13.2 Å². The molecule has 2 aliphatic rings. The molecule has 0 bridgehead atoms. The van der Waals surface area contributed by atoms with Gasteiger partial charge in [-0.15, -0.1) is 0 Å². The van der Waals surface area contributed by atoms with E-state index in [-0.39, 0.29) is 23.7 Å². The van der Waals surface area contributed by atoms with Gasteiger partial charge in [-0.25, -0.2) is 0 Å². The molecule has 25 heavy (non-hydrogen) atoms. The molecule has 0 aromatic carbocycles. The summed E-state index contributed by atoms with van der Waals surface area (Å²) in [5.41, 5.74) is 0.473. The quantitative estimate of drug-likeness (QED) is 0.683. The SMILES string of the molecule is CC(=O)CCOCCN1CCC2(CCC(C(=O)NC(C)C)CC2)CC1. The highest BCUT2D eigenvalue weighted by atomic mass is 16.5. The summed E-state index contributed by atoms with van der Waals surface area (Å²) in [6.45, 7) is 10.2. The van der Waals surface area contributed by atoms with Gasteiger partial charge in [0, 0.05) is 24.9 Å². The van der Waals surface area contributed by atoms with E-state index >= 15 is 0 Å². The lowest BCUT2D eigenvalue weighted by Gasteiger charge is -2.45. The lowest BCUT2D eigenvalue weighted by molar-refractivity contribution is -0.127. The Labute approximate surface area is 152 Å². The summed E-state index contributed by atoms with van der Waals surface area (Å²) < 4.78 is 5.55. The molecular weight excluding hydrogens is 316 g/mol. The van der Waals surface area contributed by atoms with Crippen molar-refractivity contribution < 1.29 is 14.3 Å². The molecule has 1 N–H and O–H groups in total. The number of Topliss-reactive ketones (excluding diaryl/α,β-unsaturated/α-hetero) is 1. The number of amides is 1. The molecule has 0 atom stereocenters. The molecule has 5 heteroatoms. The van der Waals surface area contributed by atoms with E-state index in [1.165, 1.54) is 25.7 Å². The molecule has 144 valence electrons. The fraction of sp³-hybridized carbons (Fsp3) is 0.900. The van der Waals surface area contributed by atoms with Crippen LogP contribution in [0.15, 0.2) is 0 Å². The van der Waals surface area contributed by atoms with Crippen molar-refractivity contribution in [2.45, 2.75) is 71.8 Å². The molecule has 1 saturated carbocycles. The monoisotopic (exact) mass is 352 g/mol. The first-order valence-corrected chi connectivity index (χ1v) is 10.0. The van der Waals surface area contributed by atoms with Crippen molar-refractivity contribution >= 4 is 11.7 Å². The third-order valence-corrected chi connectivity index (χ3v) is 5.92. The number of hydrogen-bond donors (Lipinski definition) is 1. The van der Waals surface area contributed by atoms with Gasteiger partial charge in [0.25, 0.3) is 0 Å². The van der Waals surface area contributed by atoms with Gasteiger partial charge in [-0.05, 0) is 77.8 Å². The number of ether oxygens (including phenoxy) is 1. The average Bonchev–Trinajstić information content (AvgIpc) is 2.56. The van der Waals surface area contributed by atoms with Crippen LogP contribution in [0.1, 0.15) is 65.7 Å². The van der Waals surface area contributed by atoms with Crippen LogP contribution in [0.2, 0.25) is 0 Å². The van der Waals surface area contributed by atoms with Crippen molar-refractivity contribution in [1.29, 1.82) is 0 Å². The van der Waals surface area contributed by atoms with E-state index in [9.17, 15) is 9.59 Å². The van der Waals surface area contributed by atoms with Gasteiger partial charge in [-0.1, -0.05) is 0 Å². The van der Waals surface area contributed by atoms with E-state index < -0.39 is 0 Å². The van der Waals surface area contributed by atoms with Gasteiger partial charge in [-0.3, -0.25) is 9.59 Å². The Morgan fingerprint density at radius 1 is 1.12 bits per heavy atom. The molecule has 1 aliphatic carbocycles. The first-order valence-electron chi connectivity index (χ1n) is 10.0. The Morgan fingerprint density at radius 2 is 1.76 bits per heavy atom. The number of nitrogens with one attached hydrogen (secondary N) is 1. The second kappa shape index (κ2) is 9.67. The first-order chi connectivity index (χ1) is 11.9. The summed E-state index contributed by atoms with van der Waals surface area (Å²) in [6.07, 6.45) is 7.52. The first kappa shape index (κ1) is 20.4. The van der Waals surface area contributed by atoms with E-state index in [0.29, 0.717) is 18.4 Å².